The minimum Gasteiger partial charge on any atom is -0.354 e. The van der Waals surface area contributed by atoms with Crippen LogP contribution in [0.3, 0.4) is 0 Å². The zero-order valence-corrected chi connectivity index (χ0v) is 22.2. The number of rotatable bonds is 11. The summed E-state index contributed by atoms with van der Waals surface area (Å²) in [6, 6.07) is 19.9. The zero-order valence-electron chi connectivity index (χ0n) is 21.4. The predicted molar refractivity (Wildman–Crippen MR) is 145 cm³/mol. The number of hydrogen-bond acceptors (Lipinski definition) is 4. The number of fused-ring (bicyclic) bond motifs is 1. The molecule has 3 aromatic rings. The van der Waals surface area contributed by atoms with Crippen LogP contribution < -0.4 is 9.62 Å². The van der Waals surface area contributed by atoms with E-state index in [1.165, 1.54) is 4.90 Å². The molecule has 3 aromatic carbocycles. The van der Waals surface area contributed by atoms with Crippen LogP contribution in [0.2, 0.25) is 0 Å². The van der Waals surface area contributed by atoms with E-state index in [1.54, 1.807) is 12.1 Å². The Balaban J connectivity index is 2.01. The standard InChI is InChI=1S/C28H35N3O4S/c1-5-17-29-28(33)25(6-2)30(19-22-12-9-11-21(3)18-22)27(32)20-31(36(4,34)35)26-16-10-14-23-13-7-8-15-24(23)26/h7-16,18,25H,5-6,17,19-20H2,1-4H3,(H,29,33)/t25-/m0/s1. The van der Waals surface area contributed by atoms with Gasteiger partial charge in [0.2, 0.25) is 21.8 Å². The third-order valence-electron chi connectivity index (χ3n) is 6.09. The molecule has 0 heterocycles. The van der Waals surface area contributed by atoms with Gasteiger partial charge in [0.05, 0.1) is 11.9 Å². The first-order valence-electron chi connectivity index (χ1n) is 12.2. The summed E-state index contributed by atoms with van der Waals surface area (Å²) >= 11 is 0. The number of nitrogens with one attached hydrogen (secondary N) is 1. The van der Waals surface area contributed by atoms with Gasteiger partial charge in [-0.25, -0.2) is 8.42 Å². The maximum atomic E-state index is 13.8. The van der Waals surface area contributed by atoms with Crippen molar-refractivity contribution in [3.05, 3.63) is 77.9 Å². The van der Waals surface area contributed by atoms with Crippen molar-refractivity contribution in [1.29, 1.82) is 0 Å². The van der Waals surface area contributed by atoms with Crippen LogP contribution in [0.1, 0.15) is 37.8 Å². The van der Waals surface area contributed by atoms with E-state index in [2.05, 4.69) is 5.32 Å². The fourth-order valence-electron chi connectivity index (χ4n) is 4.31. The quantitative estimate of drug-likeness (QED) is 0.419. The van der Waals surface area contributed by atoms with Crippen LogP contribution in [0.25, 0.3) is 10.8 Å². The number of amides is 2. The van der Waals surface area contributed by atoms with Gasteiger partial charge in [0.15, 0.2) is 0 Å². The van der Waals surface area contributed by atoms with Crippen molar-refractivity contribution in [3.8, 4) is 0 Å². The Kier molecular flexibility index (Phi) is 9.09. The van der Waals surface area contributed by atoms with Crippen molar-refractivity contribution in [1.82, 2.24) is 10.2 Å². The van der Waals surface area contributed by atoms with Crippen LogP contribution in [-0.4, -0.2) is 50.5 Å². The fraction of sp³-hybridized carbons (Fsp3) is 0.357. The van der Waals surface area contributed by atoms with Crippen LogP contribution in [0.5, 0.6) is 0 Å². The second kappa shape index (κ2) is 12.0. The van der Waals surface area contributed by atoms with E-state index in [4.69, 9.17) is 0 Å². The van der Waals surface area contributed by atoms with Gasteiger partial charge in [-0.1, -0.05) is 80.1 Å². The summed E-state index contributed by atoms with van der Waals surface area (Å²) in [6.45, 7) is 6.08. The summed E-state index contributed by atoms with van der Waals surface area (Å²) < 4.78 is 27.0. The predicted octanol–water partition coefficient (Wildman–Crippen LogP) is 4.25. The number of anilines is 1. The summed E-state index contributed by atoms with van der Waals surface area (Å²) in [5, 5.41) is 4.50. The number of benzene rings is 3. The Bertz CT molecular complexity index is 1320. The van der Waals surface area contributed by atoms with Crippen molar-refractivity contribution >= 4 is 38.3 Å². The molecule has 0 aliphatic heterocycles. The Hall–Kier alpha value is -3.39. The normalized spacial score (nSPS) is 12.2. The molecule has 1 atom stereocenters. The molecule has 8 heteroatoms. The van der Waals surface area contributed by atoms with E-state index in [-0.39, 0.29) is 12.5 Å². The highest BCUT2D eigenvalue weighted by molar-refractivity contribution is 7.92. The average Bonchev–Trinajstić information content (AvgIpc) is 2.84. The SMILES string of the molecule is CCCNC(=O)[C@H](CC)N(Cc1cccc(C)c1)C(=O)CN(c1cccc2ccccc12)S(C)(=O)=O. The number of hydrogen-bond donors (Lipinski definition) is 1. The summed E-state index contributed by atoms with van der Waals surface area (Å²) in [6.07, 6.45) is 2.27. The molecule has 0 unspecified atom stereocenters. The van der Waals surface area contributed by atoms with E-state index in [0.717, 1.165) is 38.9 Å². The second-order valence-electron chi connectivity index (χ2n) is 8.99. The van der Waals surface area contributed by atoms with Crippen LogP contribution >= 0.6 is 0 Å². The van der Waals surface area contributed by atoms with E-state index in [1.807, 2.05) is 75.4 Å². The number of nitrogens with zero attached hydrogens (tertiary/aromatic N) is 2. The third kappa shape index (κ3) is 6.63. The van der Waals surface area contributed by atoms with Crippen molar-refractivity contribution in [2.75, 3.05) is 23.7 Å². The van der Waals surface area contributed by atoms with Crippen molar-refractivity contribution < 1.29 is 18.0 Å². The van der Waals surface area contributed by atoms with Crippen LogP contribution in [0.15, 0.2) is 66.7 Å². The number of carbonyl (C=O) groups excluding carboxylic acids is 2. The number of carbonyl (C=O) groups is 2. The van der Waals surface area contributed by atoms with Crippen molar-refractivity contribution in [3.63, 3.8) is 0 Å². The first kappa shape index (κ1) is 27.2. The fourth-order valence-corrected chi connectivity index (χ4v) is 5.17. The summed E-state index contributed by atoms with van der Waals surface area (Å²) in [7, 11) is -3.80. The lowest BCUT2D eigenvalue weighted by molar-refractivity contribution is -0.140. The summed E-state index contributed by atoms with van der Waals surface area (Å²) in [5.74, 6) is -0.676. The third-order valence-corrected chi connectivity index (χ3v) is 7.21. The molecule has 0 aliphatic rings. The molecule has 0 spiro atoms. The van der Waals surface area contributed by atoms with Gasteiger partial charge >= 0.3 is 0 Å². The van der Waals surface area contributed by atoms with Gasteiger partial charge in [0, 0.05) is 18.5 Å². The monoisotopic (exact) mass is 509 g/mol. The molecule has 192 valence electrons. The first-order chi connectivity index (χ1) is 17.2. The maximum Gasteiger partial charge on any atom is 0.244 e. The second-order valence-corrected chi connectivity index (χ2v) is 10.9. The van der Waals surface area contributed by atoms with Gasteiger partial charge in [0.25, 0.3) is 0 Å². The average molecular weight is 510 g/mol. The van der Waals surface area contributed by atoms with Crippen molar-refractivity contribution in [2.45, 2.75) is 46.2 Å². The topological polar surface area (TPSA) is 86.8 Å². The molecular formula is C28H35N3O4S. The molecule has 0 saturated carbocycles. The lowest BCUT2D eigenvalue weighted by atomic mass is 10.1. The molecule has 2 amide bonds. The molecule has 1 N–H and O–H groups in total. The first-order valence-corrected chi connectivity index (χ1v) is 14.1. The molecule has 0 fully saturated rings. The Morgan fingerprint density at radius 1 is 0.972 bits per heavy atom. The van der Waals surface area contributed by atoms with Crippen molar-refractivity contribution in [2.24, 2.45) is 0 Å². The van der Waals surface area contributed by atoms with E-state index in [9.17, 15) is 18.0 Å². The lowest BCUT2D eigenvalue weighted by Crippen LogP contribution is -2.52. The molecule has 0 saturated heterocycles. The molecule has 7 nitrogen and oxygen atoms in total. The molecule has 0 aliphatic carbocycles. The van der Waals surface area contributed by atoms with Gasteiger partial charge < -0.3 is 10.2 Å². The zero-order chi connectivity index (χ0) is 26.3. The smallest absolute Gasteiger partial charge is 0.244 e. The van der Waals surface area contributed by atoms with Gasteiger partial charge in [-0.15, -0.1) is 0 Å². The number of aryl methyl sites for hydroxylation is 1. The van der Waals surface area contributed by atoms with Crippen LogP contribution in [0.4, 0.5) is 5.69 Å². The van der Waals surface area contributed by atoms with E-state index >= 15 is 0 Å². The number of sulfonamides is 1. The largest absolute Gasteiger partial charge is 0.354 e. The highest BCUT2D eigenvalue weighted by Crippen LogP contribution is 2.29. The van der Waals surface area contributed by atoms with Gasteiger partial charge in [-0.05, 0) is 36.8 Å². The highest BCUT2D eigenvalue weighted by Gasteiger charge is 2.32. The molecule has 0 radical (unpaired) electrons. The molecule has 0 bridgehead atoms. The molecule has 3 rings (SSSR count). The van der Waals surface area contributed by atoms with Crippen LogP contribution in [-0.2, 0) is 26.2 Å². The minimum absolute atomic E-state index is 0.200. The highest BCUT2D eigenvalue weighted by atomic mass is 32.2. The van der Waals surface area contributed by atoms with Gasteiger partial charge in [-0.2, -0.15) is 0 Å². The Labute approximate surface area is 214 Å². The van der Waals surface area contributed by atoms with E-state index < -0.39 is 28.5 Å². The summed E-state index contributed by atoms with van der Waals surface area (Å²) in [4.78, 5) is 28.3. The van der Waals surface area contributed by atoms with Gasteiger partial charge in [-0.3, -0.25) is 13.9 Å². The van der Waals surface area contributed by atoms with Crippen LogP contribution in [0, 0.1) is 6.92 Å². The molecular weight excluding hydrogens is 474 g/mol. The lowest BCUT2D eigenvalue weighted by Gasteiger charge is -2.33. The Morgan fingerprint density at radius 2 is 1.67 bits per heavy atom. The van der Waals surface area contributed by atoms with Gasteiger partial charge in [0.1, 0.15) is 12.6 Å². The summed E-state index contributed by atoms with van der Waals surface area (Å²) in [5.41, 5.74) is 2.35. The Morgan fingerprint density at radius 3 is 2.33 bits per heavy atom. The maximum absolute atomic E-state index is 13.8. The molecule has 36 heavy (non-hydrogen) atoms. The molecule has 0 aromatic heterocycles. The minimum atomic E-state index is -3.80. The van der Waals surface area contributed by atoms with E-state index in [0.29, 0.717) is 18.7 Å².